The molecule has 10 heteroatoms. The minimum Gasteiger partial charge on any atom is -0.493 e. The van der Waals surface area contributed by atoms with E-state index in [-0.39, 0.29) is 21.9 Å². The van der Waals surface area contributed by atoms with Crippen molar-refractivity contribution in [2.45, 2.75) is 31.9 Å². The minimum absolute atomic E-state index is 0.0124. The van der Waals surface area contributed by atoms with Gasteiger partial charge in [0.1, 0.15) is 18.0 Å². The maximum Gasteiger partial charge on any atom is 0.323 e. The van der Waals surface area contributed by atoms with Crippen LogP contribution in [0, 0.1) is 17.5 Å². The molecule has 194 valence electrons. The molecule has 4 rings (SSSR count). The minimum atomic E-state index is -1.32. The number of halogens is 4. The zero-order chi connectivity index (χ0) is 26.9. The van der Waals surface area contributed by atoms with Crippen LogP contribution in [0.2, 0.25) is 5.02 Å². The van der Waals surface area contributed by atoms with Crippen LogP contribution in [0.4, 0.5) is 13.2 Å². The molecule has 37 heavy (non-hydrogen) atoms. The predicted octanol–water partition coefficient (Wildman–Crippen LogP) is 5.43. The van der Waals surface area contributed by atoms with Crippen molar-refractivity contribution in [1.29, 1.82) is 0 Å². The number of ether oxygens (including phenoxy) is 2. The Hall–Kier alpha value is -3.72. The van der Waals surface area contributed by atoms with Gasteiger partial charge in [0.25, 0.3) is 5.91 Å². The van der Waals surface area contributed by atoms with Gasteiger partial charge in [0.2, 0.25) is 0 Å². The number of nitrogens with zero attached hydrogens (tertiary/aromatic N) is 1. The number of rotatable bonds is 8. The number of hydrogen-bond donors (Lipinski definition) is 1. The Morgan fingerprint density at radius 3 is 2.57 bits per heavy atom. The molecule has 1 aliphatic rings. The molecular formula is C27H23ClF3NO5. The topological polar surface area (TPSA) is 76.1 Å². The normalized spacial score (nSPS) is 16.2. The van der Waals surface area contributed by atoms with E-state index in [9.17, 15) is 27.9 Å². The van der Waals surface area contributed by atoms with Crippen LogP contribution in [-0.2, 0) is 24.2 Å². The molecule has 1 amide bonds. The number of carboxylic acid groups (broad SMARTS) is 1. The number of carboxylic acids is 1. The summed E-state index contributed by atoms with van der Waals surface area (Å²) in [6, 6.07) is 11.0. The van der Waals surface area contributed by atoms with Crippen LogP contribution >= 0.6 is 11.6 Å². The Labute approximate surface area is 216 Å². The second-order valence-electron chi connectivity index (χ2n) is 9.09. The van der Waals surface area contributed by atoms with Gasteiger partial charge in [0.15, 0.2) is 23.1 Å². The van der Waals surface area contributed by atoms with E-state index in [1.165, 1.54) is 37.4 Å². The molecule has 1 unspecified atom stereocenters. The molecule has 0 aliphatic carbocycles. The number of carbonyl (C=O) groups is 2. The van der Waals surface area contributed by atoms with Crippen molar-refractivity contribution >= 4 is 23.5 Å². The van der Waals surface area contributed by atoms with Crippen LogP contribution in [0.15, 0.2) is 48.5 Å². The van der Waals surface area contributed by atoms with E-state index in [4.69, 9.17) is 21.1 Å². The Kier molecular flexibility index (Phi) is 7.36. The highest BCUT2D eigenvalue weighted by molar-refractivity contribution is 6.30. The van der Waals surface area contributed by atoms with Gasteiger partial charge in [-0.2, -0.15) is 0 Å². The first kappa shape index (κ1) is 26.3. The van der Waals surface area contributed by atoms with Crippen molar-refractivity contribution in [1.82, 2.24) is 4.90 Å². The highest BCUT2D eigenvalue weighted by Gasteiger charge is 2.38. The third-order valence-electron chi connectivity index (χ3n) is 6.08. The zero-order valence-electron chi connectivity index (χ0n) is 20.0. The van der Waals surface area contributed by atoms with E-state index >= 15 is 0 Å². The van der Waals surface area contributed by atoms with Crippen molar-refractivity contribution in [3.8, 4) is 11.5 Å². The monoisotopic (exact) mass is 533 g/mol. The first-order valence-corrected chi connectivity index (χ1v) is 11.7. The van der Waals surface area contributed by atoms with Crippen molar-refractivity contribution < 1.29 is 37.3 Å². The van der Waals surface area contributed by atoms with E-state index < -0.39 is 48.0 Å². The molecule has 3 aromatic carbocycles. The summed E-state index contributed by atoms with van der Waals surface area (Å²) in [4.78, 5) is 25.7. The number of hydrogen-bond acceptors (Lipinski definition) is 4. The van der Waals surface area contributed by atoms with Crippen LogP contribution < -0.4 is 9.47 Å². The number of benzene rings is 3. The fourth-order valence-electron chi connectivity index (χ4n) is 4.47. The van der Waals surface area contributed by atoms with E-state index in [1.54, 1.807) is 12.1 Å². The molecule has 1 aliphatic heterocycles. The van der Waals surface area contributed by atoms with Crippen LogP contribution in [0.1, 0.15) is 34.0 Å². The molecule has 3 aromatic rings. The summed E-state index contributed by atoms with van der Waals surface area (Å²) in [6.07, 6.45) is 0.688. The fraction of sp³-hybridized carbons (Fsp3) is 0.259. The summed E-state index contributed by atoms with van der Waals surface area (Å²) in [5.74, 6) is -4.16. The van der Waals surface area contributed by atoms with E-state index in [2.05, 4.69) is 0 Å². The summed E-state index contributed by atoms with van der Waals surface area (Å²) in [5.41, 5.74) is 0.445. The lowest BCUT2D eigenvalue weighted by molar-refractivity contribution is -0.137. The predicted molar refractivity (Wildman–Crippen MR) is 130 cm³/mol. The molecule has 1 heterocycles. The Bertz CT molecular complexity index is 1380. The van der Waals surface area contributed by atoms with Crippen molar-refractivity contribution in [3.63, 3.8) is 0 Å². The lowest BCUT2D eigenvalue weighted by Gasteiger charge is -2.24. The number of methoxy groups -OCH3 is 1. The van der Waals surface area contributed by atoms with Crippen molar-refractivity contribution in [2.75, 3.05) is 13.7 Å². The zero-order valence-corrected chi connectivity index (χ0v) is 20.7. The van der Waals surface area contributed by atoms with Gasteiger partial charge < -0.3 is 19.5 Å². The summed E-state index contributed by atoms with van der Waals surface area (Å²) in [6.45, 7) is 0.652. The van der Waals surface area contributed by atoms with Crippen LogP contribution in [0.3, 0.4) is 0 Å². The molecule has 0 saturated heterocycles. The summed E-state index contributed by atoms with van der Waals surface area (Å²) >= 11 is 5.78. The van der Waals surface area contributed by atoms with E-state index in [0.29, 0.717) is 29.7 Å². The number of fused-ring (bicyclic) bond motifs is 1. The Morgan fingerprint density at radius 2 is 1.89 bits per heavy atom. The molecule has 1 atom stereocenters. The highest BCUT2D eigenvalue weighted by Crippen LogP contribution is 2.44. The third-order valence-corrected chi connectivity index (χ3v) is 6.39. The van der Waals surface area contributed by atoms with Crippen LogP contribution in [0.5, 0.6) is 11.5 Å². The highest BCUT2D eigenvalue weighted by atomic mass is 35.5. The molecule has 0 fully saturated rings. The number of aliphatic carboxylic acids is 1. The second-order valence-corrected chi connectivity index (χ2v) is 9.50. The maximum atomic E-state index is 14.2. The maximum absolute atomic E-state index is 14.2. The quantitative estimate of drug-likeness (QED) is 0.418. The van der Waals surface area contributed by atoms with Crippen LogP contribution in [0.25, 0.3) is 0 Å². The Balaban J connectivity index is 1.63. The summed E-state index contributed by atoms with van der Waals surface area (Å²) < 4.78 is 53.5. The molecule has 0 spiro atoms. The van der Waals surface area contributed by atoms with Gasteiger partial charge in [-0.3, -0.25) is 9.59 Å². The Morgan fingerprint density at radius 1 is 1.14 bits per heavy atom. The number of carbonyl (C=O) groups excluding carboxylic acids is 1. The molecule has 0 bridgehead atoms. The molecule has 0 saturated carbocycles. The lowest BCUT2D eigenvalue weighted by Crippen LogP contribution is -2.35. The van der Waals surface area contributed by atoms with Crippen molar-refractivity contribution in [3.05, 3.63) is 93.3 Å². The van der Waals surface area contributed by atoms with Crippen molar-refractivity contribution in [2.24, 2.45) is 0 Å². The fourth-order valence-corrected chi connectivity index (χ4v) is 4.59. The molecular weight excluding hydrogens is 511 g/mol. The molecule has 0 aromatic heterocycles. The molecule has 1 N–H and O–H groups in total. The standard InChI is InChI=1S/C27H23ClF3NO5/c1-27(11-15-6-7-19(28)21(30)8-15)12-18-9-17(10-22(36-2)25(18)37-27)26(35)32(14-23(33)34)13-16-4-3-5-20(29)24(16)31/h3-10H,11-14H2,1-2H3,(H,33,34). The third kappa shape index (κ3) is 5.67. The van der Waals surface area contributed by atoms with Gasteiger partial charge in [-0.15, -0.1) is 0 Å². The smallest absolute Gasteiger partial charge is 0.323 e. The SMILES string of the molecule is COc1cc(C(=O)N(CC(=O)O)Cc2cccc(F)c2F)cc2c1OC(C)(Cc1ccc(Cl)c(F)c1)C2. The van der Waals surface area contributed by atoms with E-state index in [1.807, 2.05) is 6.92 Å². The lowest BCUT2D eigenvalue weighted by atomic mass is 9.91. The molecule has 6 nitrogen and oxygen atoms in total. The van der Waals surface area contributed by atoms with Gasteiger partial charge in [-0.25, -0.2) is 13.2 Å². The largest absolute Gasteiger partial charge is 0.493 e. The molecule has 0 radical (unpaired) electrons. The van der Waals surface area contributed by atoms with Gasteiger partial charge >= 0.3 is 5.97 Å². The average molecular weight is 534 g/mol. The average Bonchev–Trinajstić information content (AvgIpc) is 3.18. The first-order valence-electron chi connectivity index (χ1n) is 11.3. The van der Waals surface area contributed by atoms with Crippen LogP contribution in [-0.4, -0.2) is 41.1 Å². The second kappa shape index (κ2) is 10.3. The van der Waals surface area contributed by atoms with Gasteiger partial charge in [0, 0.05) is 36.1 Å². The summed E-state index contributed by atoms with van der Waals surface area (Å²) in [5, 5.41) is 9.35. The number of amides is 1. The van der Waals surface area contributed by atoms with Gasteiger partial charge in [-0.1, -0.05) is 29.8 Å². The van der Waals surface area contributed by atoms with Gasteiger partial charge in [0.05, 0.1) is 12.1 Å². The first-order chi connectivity index (χ1) is 17.5. The van der Waals surface area contributed by atoms with E-state index in [0.717, 1.165) is 11.0 Å². The summed E-state index contributed by atoms with van der Waals surface area (Å²) in [7, 11) is 1.40. The van der Waals surface area contributed by atoms with Gasteiger partial charge in [-0.05, 0) is 42.8 Å².